The van der Waals surface area contributed by atoms with Crippen LogP contribution in [0.4, 0.5) is 14.9 Å². The molecule has 2 aromatic carbocycles. The second-order valence-corrected chi connectivity index (χ2v) is 9.12. The molecule has 166 valence electrons. The Morgan fingerprint density at radius 1 is 0.969 bits per heavy atom. The number of amides is 4. The first-order valence-electron chi connectivity index (χ1n) is 10.9. The van der Waals surface area contributed by atoms with Crippen LogP contribution in [-0.2, 0) is 21.7 Å². The molecule has 32 heavy (non-hydrogen) atoms. The van der Waals surface area contributed by atoms with Crippen LogP contribution >= 0.6 is 11.6 Å². The van der Waals surface area contributed by atoms with E-state index >= 15 is 0 Å². The van der Waals surface area contributed by atoms with E-state index in [1.165, 1.54) is 28.4 Å². The maximum atomic E-state index is 14.5. The smallest absolute Gasteiger partial charge is 0.311 e. The van der Waals surface area contributed by atoms with Crippen LogP contribution in [0.5, 0.6) is 0 Å². The molecule has 2 aliphatic heterocycles. The number of fused-ring (bicyclic) bond motifs is 2. The van der Waals surface area contributed by atoms with Gasteiger partial charge in [-0.25, -0.2) is 9.18 Å². The number of urea groups is 1. The summed E-state index contributed by atoms with van der Waals surface area (Å²) in [6, 6.07) is 10.6. The van der Waals surface area contributed by atoms with E-state index < -0.39 is 29.2 Å². The molecule has 0 radical (unpaired) electrons. The third-order valence-corrected chi connectivity index (χ3v) is 7.17. The molecular formula is C24H23ClFN3O3. The first kappa shape index (κ1) is 20.9. The normalized spacial score (nSPS) is 23.2. The fraction of sp³-hybridized carbons (Fsp3) is 0.375. The minimum absolute atomic E-state index is 0.144. The second kappa shape index (κ2) is 7.89. The van der Waals surface area contributed by atoms with Crippen molar-refractivity contribution in [2.75, 3.05) is 11.4 Å². The molecule has 2 aromatic rings. The number of imide groups is 1. The highest BCUT2D eigenvalue weighted by Gasteiger charge is 2.64. The van der Waals surface area contributed by atoms with Crippen LogP contribution in [0.3, 0.4) is 0 Å². The van der Waals surface area contributed by atoms with Crippen molar-refractivity contribution in [2.45, 2.75) is 44.2 Å². The van der Waals surface area contributed by atoms with Gasteiger partial charge in [-0.2, -0.15) is 0 Å². The molecule has 1 spiro atoms. The highest BCUT2D eigenvalue weighted by molar-refractivity contribution is 6.31. The van der Waals surface area contributed by atoms with Crippen molar-refractivity contribution in [2.24, 2.45) is 5.92 Å². The molecule has 5 rings (SSSR count). The summed E-state index contributed by atoms with van der Waals surface area (Å²) in [6.45, 7) is 0.163. The average molecular weight is 456 g/mol. The summed E-state index contributed by atoms with van der Waals surface area (Å²) in [5.74, 6) is -1.45. The molecule has 1 N–H and O–H groups in total. The Morgan fingerprint density at radius 3 is 2.44 bits per heavy atom. The average Bonchev–Trinajstić information content (AvgIpc) is 3.18. The van der Waals surface area contributed by atoms with Crippen molar-refractivity contribution < 1.29 is 18.8 Å². The molecule has 1 atom stereocenters. The molecule has 1 unspecified atom stereocenters. The number of carbonyl (C=O) groups excluding carboxylic acids is 3. The summed E-state index contributed by atoms with van der Waals surface area (Å²) < 4.78 is 14.5. The van der Waals surface area contributed by atoms with Crippen molar-refractivity contribution in [3.8, 4) is 0 Å². The van der Waals surface area contributed by atoms with Gasteiger partial charge in [0.15, 0.2) is 0 Å². The number of carbonyl (C=O) groups is 3. The number of anilines is 1. The quantitative estimate of drug-likeness (QED) is 0.550. The Morgan fingerprint density at radius 2 is 1.69 bits per heavy atom. The zero-order valence-electron chi connectivity index (χ0n) is 17.4. The molecule has 2 heterocycles. The van der Waals surface area contributed by atoms with Crippen molar-refractivity contribution in [1.82, 2.24) is 10.2 Å². The van der Waals surface area contributed by atoms with Crippen molar-refractivity contribution in [1.29, 1.82) is 0 Å². The number of rotatable bonds is 4. The van der Waals surface area contributed by atoms with Gasteiger partial charge in [-0.1, -0.05) is 55.1 Å². The van der Waals surface area contributed by atoms with E-state index in [0.717, 1.165) is 25.7 Å². The Labute approximate surface area is 190 Å². The molecular weight excluding hydrogens is 433 g/mol. The Hall–Kier alpha value is -2.93. The van der Waals surface area contributed by atoms with Crippen LogP contribution in [0.25, 0.3) is 0 Å². The first-order valence-corrected chi connectivity index (χ1v) is 11.3. The summed E-state index contributed by atoms with van der Waals surface area (Å²) >= 11 is 6.19. The van der Waals surface area contributed by atoms with Gasteiger partial charge in [0.25, 0.3) is 11.8 Å². The van der Waals surface area contributed by atoms with Crippen LogP contribution in [0.15, 0.2) is 42.5 Å². The molecule has 1 aliphatic carbocycles. The van der Waals surface area contributed by atoms with Gasteiger partial charge < -0.3 is 10.2 Å². The van der Waals surface area contributed by atoms with Gasteiger partial charge in [0, 0.05) is 22.7 Å². The molecule has 1 saturated heterocycles. The largest absolute Gasteiger partial charge is 0.325 e. The van der Waals surface area contributed by atoms with E-state index in [1.807, 2.05) is 0 Å². The van der Waals surface area contributed by atoms with Gasteiger partial charge in [0.05, 0.1) is 12.2 Å². The van der Waals surface area contributed by atoms with Crippen molar-refractivity contribution in [3.05, 3.63) is 64.4 Å². The van der Waals surface area contributed by atoms with Gasteiger partial charge in [-0.15, -0.1) is 0 Å². The predicted octanol–water partition coefficient (Wildman–Crippen LogP) is 4.35. The van der Waals surface area contributed by atoms with Crippen LogP contribution in [0, 0.1) is 11.7 Å². The first-order chi connectivity index (χ1) is 15.4. The van der Waals surface area contributed by atoms with Gasteiger partial charge in [0.1, 0.15) is 5.82 Å². The van der Waals surface area contributed by atoms with E-state index in [9.17, 15) is 18.8 Å². The van der Waals surface area contributed by atoms with E-state index in [-0.39, 0.29) is 23.0 Å². The Kier molecular flexibility index (Phi) is 5.16. The third-order valence-electron chi connectivity index (χ3n) is 6.81. The van der Waals surface area contributed by atoms with E-state index in [1.54, 1.807) is 30.3 Å². The SMILES string of the molecule is O=C1NC2(C(=O)N1CC1CCCCC1)C(=O)N(Cc1c(F)cccc1Cl)c1ccccc12. The predicted molar refractivity (Wildman–Crippen MR) is 118 cm³/mol. The fourth-order valence-corrected chi connectivity index (χ4v) is 5.37. The lowest BCUT2D eigenvalue weighted by Crippen LogP contribution is -2.52. The fourth-order valence-electron chi connectivity index (χ4n) is 5.15. The molecule has 3 aliphatic rings. The third kappa shape index (κ3) is 3.10. The highest BCUT2D eigenvalue weighted by Crippen LogP contribution is 2.45. The number of para-hydroxylation sites is 1. The van der Waals surface area contributed by atoms with Gasteiger partial charge in [-0.05, 0) is 37.0 Å². The summed E-state index contributed by atoms with van der Waals surface area (Å²) in [5, 5.41) is 2.88. The molecule has 6 nitrogen and oxygen atoms in total. The maximum Gasteiger partial charge on any atom is 0.325 e. The highest BCUT2D eigenvalue weighted by atomic mass is 35.5. The lowest BCUT2D eigenvalue weighted by Gasteiger charge is -2.26. The lowest BCUT2D eigenvalue weighted by molar-refractivity contribution is -0.138. The summed E-state index contributed by atoms with van der Waals surface area (Å²) in [6.07, 6.45) is 5.26. The van der Waals surface area contributed by atoms with Gasteiger partial charge in [0.2, 0.25) is 5.54 Å². The lowest BCUT2D eigenvalue weighted by atomic mass is 9.88. The van der Waals surface area contributed by atoms with Crippen molar-refractivity contribution >= 4 is 35.1 Å². The van der Waals surface area contributed by atoms with Crippen LogP contribution in [-0.4, -0.2) is 29.3 Å². The molecule has 4 amide bonds. The van der Waals surface area contributed by atoms with E-state index in [2.05, 4.69) is 5.32 Å². The minimum Gasteiger partial charge on any atom is -0.311 e. The monoisotopic (exact) mass is 455 g/mol. The minimum atomic E-state index is -1.82. The number of halogens is 2. The standard InChI is InChI=1S/C24H23ClFN3O3/c25-18-10-6-11-19(26)16(18)14-28-20-12-5-4-9-17(20)24(21(28)30)22(31)29(23(32)27-24)13-15-7-2-1-3-8-15/h4-6,9-12,15H,1-3,7-8,13-14H2,(H,27,32). The topological polar surface area (TPSA) is 69.7 Å². The summed E-state index contributed by atoms with van der Waals surface area (Å²) in [5.41, 5.74) is -0.794. The molecule has 0 bridgehead atoms. The van der Waals surface area contributed by atoms with Crippen LogP contribution < -0.4 is 10.2 Å². The summed E-state index contributed by atoms with van der Waals surface area (Å²) in [4.78, 5) is 42.7. The number of nitrogens with zero attached hydrogens (tertiary/aromatic N) is 2. The number of hydrogen-bond donors (Lipinski definition) is 1. The zero-order valence-corrected chi connectivity index (χ0v) is 18.2. The summed E-state index contributed by atoms with van der Waals surface area (Å²) in [7, 11) is 0. The van der Waals surface area contributed by atoms with E-state index in [0.29, 0.717) is 17.8 Å². The van der Waals surface area contributed by atoms with Crippen LogP contribution in [0.2, 0.25) is 5.02 Å². The van der Waals surface area contributed by atoms with Crippen LogP contribution in [0.1, 0.15) is 43.2 Å². The van der Waals surface area contributed by atoms with Crippen molar-refractivity contribution in [3.63, 3.8) is 0 Å². The van der Waals surface area contributed by atoms with Gasteiger partial charge in [-0.3, -0.25) is 14.5 Å². The van der Waals surface area contributed by atoms with Gasteiger partial charge >= 0.3 is 6.03 Å². The number of hydrogen-bond acceptors (Lipinski definition) is 3. The zero-order chi connectivity index (χ0) is 22.5. The molecule has 0 aromatic heterocycles. The number of benzene rings is 2. The molecule has 8 heteroatoms. The maximum absolute atomic E-state index is 14.5. The number of nitrogens with one attached hydrogen (secondary N) is 1. The molecule has 1 saturated carbocycles. The Bertz CT molecular complexity index is 1100. The van der Waals surface area contributed by atoms with E-state index in [4.69, 9.17) is 11.6 Å². The second-order valence-electron chi connectivity index (χ2n) is 8.71. The molecule has 2 fully saturated rings. The Balaban J connectivity index is 1.51.